The molecular formula is C37H37ClN4O7S. The van der Waals surface area contributed by atoms with Crippen molar-refractivity contribution in [3.8, 4) is 0 Å². The van der Waals surface area contributed by atoms with Crippen LogP contribution < -0.4 is 10.3 Å². The van der Waals surface area contributed by atoms with Crippen molar-refractivity contribution in [3.63, 3.8) is 0 Å². The fourth-order valence-electron chi connectivity index (χ4n) is 6.22. The number of non-ortho nitro benzene ring substituents is 2. The molecule has 11 nitrogen and oxygen atoms in total. The van der Waals surface area contributed by atoms with Gasteiger partial charge in [-0.25, -0.2) is 13.4 Å². The first-order valence-electron chi connectivity index (χ1n) is 15.9. The van der Waals surface area contributed by atoms with E-state index in [9.17, 15) is 33.2 Å². The van der Waals surface area contributed by atoms with E-state index in [4.69, 9.17) is 11.6 Å². The van der Waals surface area contributed by atoms with Crippen molar-refractivity contribution in [1.29, 1.82) is 0 Å². The number of aryl methyl sites for hydroxylation is 1. The van der Waals surface area contributed by atoms with Gasteiger partial charge < -0.3 is 9.87 Å². The van der Waals surface area contributed by atoms with E-state index in [1.807, 2.05) is 58.9 Å². The first-order valence-corrected chi connectivity index (χ1v) is 17.7. The van der Waals surface area contributed by atoms with Crippen molar-refractivity contribution in [2.24, 2.45) is 0 Å². The van der Waals surface area contributed by atoms with E-state index in [-0.39, 0.29) is 26.1 Å². The smallest absolute Gasteiger partial charge is 0.270 e. The zero-order valence-corrected chi connectivity index (χ0v) is 29.8. The molecule has 0 bridgehead atoms. The predicted molar refractivity (Wildman–Crippen MR) is 193 cm³/mol. The van der Waals surface area contributed by atoms with Crippen LogP contribution in [-0.2, 0) is 20.9 Å². The zero-order valence-electron chi connectivity index (χ0n) is 28.2. The lowest BCUT2D eigenvalue weighted by Gasteiger charge is -2.21. The second-order valence-corrected chi connectivity index (χ2v) is 15.2. The Kier molecular flexibility index (Phi) is 10.0. The molecule has 260 valence electrons. The fourth-order valence-corrected chi connectivity index (χ4v) is 7.00. The Balaban J connectivity index is 0.000000377. The summed E-state index contributed by atoms with van der Waals surface area (Å²) in [5.41, 5.74) is 7.79. The second kappa shape index (κ2) is 13.8. The van der Waals surface area contributed by atoms with Crippen molar-refractivity contribution >= 4 is 50.2 Å². The van der Waals surface area contributed by atoms with Gasteiger partial charge in [-0.3, -0.25) is 20.2 Å². The molecule has 0 saturated heterocycles. The van der Waals surface area contributed by atoms with Gasteiger partial charge in [-0.15, -0.1) is 0 Å². The van der Waals surface area contributed by atoms with Gasteiger partial charge in [0.05, 0.1) is 20.2 Å². The van der Waals surface area contributed by atoms with Crippen LogP contribution in [0.1, 0.15) is 63.6 Å². The third-order valence-electron chi connectivity index (χ3n) is 9.33. The molecule has 0 fully saturated rings. The average Bonchev–Trinajstić information content (AvgIpc) is 3.46. The summed E-state index contributed by atoms with van der Waals surface area (Å²) in [5.74, 6) is 0. The van der Waals surface area contributed by atoms with Gasteiger partial charge in [0.15, 0.2) is 5.71 Å². The molecule has 2 N–H and O–H groups in total. The van der Waals surface area contributed by atoms with Gasteiger partial charge in [0.1, 0.15) is 10.1 Å². The summed E-state index contributed by atoms with van der Waals surface area (Å²) in [5, 5.41) is 26.7. The van der Waals surface area contributed by atoms with E-state index < -0.39 is 20.9 Å². The van der Waals surface area contributed by atoms with Crippen LogP contribution in [0.25, 0.3) is 0 Å². The summed E-state index contributed by atoms with van der Waals surface area (Å²) in [6.45, 7) is 10.0. The molecule has 2 heterocycles. The maximum absolute atomic E-state index is 11.3. The number of nitro groups is 2. The van der Waals surface area contributed by atoms with Crippen LogP contribution in [0.4, 0.5) is 22.7 Å². The van der Waals surface area contributed by atoms with Crippen molar-refractivity contribution < 1.29 is 27.8 Å². The summed E-state index contributed by atoms with van der Waals surface area (Å²) in [6, 6.07) is 15.6. The highest BCUT2D eigenvalue weighted by molar-refractivity contribution is 7.85. The van der Waals surface area contributed by atoms with Crippen LogP contribution in [0.5, 0.6) is 0 Å². The Morgan fingerprint density at radius 3 is 2.08 bits per heavy atom. The van der Waals surface area contributed by atoms with E-state index in [1.165, 1.54) is 24.3 Å². The number of hydrogen-bond acceptors (Lipinski definition) is 8. The van der Waals surface area contributed by atoms with Crippen molar-refractivity contribution in [3.05, 3.63) is 144 Å². The van der Waals surface area contributed by atoms with Crippen molar-refractivity contribution in [2.45, 2.75) is 69.6 Å². The maximum Gasteiger partial charge on any atom is 0.270 e. The van der Waals surface area contributed by atoms with E-state index >= 15 is 0 Å². The minimum atomic E-state index is -4.27. The quantitative estimate of drug-likeness (QED) is 0.152. The number of allylic oxidation sites excluding steroid dienone is 8. The minimum absolute atomic E-state index is 0.0806. The monoisotopic (exact) mass is 716 g/mol. The second-order valence-electron chi connectivity index (χ2n) is 13.5. The molecule has 2 aliphatic heterocycles. The standard InChI is InChI=1S/C30H29ClN4O4.C7H8O3S/c1-29(2)22-16-20(34(36)37)10-12-24(22)32-26(29)14-8-18-6-5-7-19(28(18)31)9-15-27-30(3,4)23-17-21(35(38)39)11-13-25(23)33-27;1-6-2-4-7(5-3-6)11(8,9)10/h8-17,32H,5-7H2,1-4H3;2-5H,1H3,(H,8,9,10)/b15-9+,18-8-,26-14-;. The van der Waals surface area contributed by atoms with E-state index in [2.05, 4.69) is 10.3 Å². The lowest BCUT2D eigenvalue weighted by Crippen LogP contribution is -2.65. The van der Waals surface area contributed by atoms with Gasteiger partial charge in [-0.05, 0) is 81.0 Å². The van der Waals surface area contributed by atoms with Crippen LogP contribution >= 0.6 is 11.6 Å². The first-order chi connectivity index (χ1) is 23.4. The molecule has 1 aliphatic carbocycles. The number of hydrogen-bond donors (Lipinski definition) is 2. The Labute approximate surface area is 295 Å². The highest BCUT2D eigenvalue weighted by Crippen LogP contribution is 2.45. The Bertz CT molecular complexity index is 2160. The Morgan fingerprint density at radius 2 is 1.46 bits per heavy atom. The molecule has 50 heavy (non-hydrogen) atoms. The number of benzene rings is 3. The summed E-state index contributed by atoms with van der Waals surface area (Å²) >= 11 is 6.88. The van der Waals surface area contributed by atoms with Crippen molar-refractivity contribution in [1.82, 2.24) is 0 Å². The largest absolute Gasteiger partial charge is 0.744 e. The summed E-state index contributed by atoms with van der Waals surface area (Å²) < 4.78 is 31.2. The molecule has 0 aromatic heterocycles. The molecule has 0 unspecified atom stereocenters. The van der Waals surface area contributed by atoms with Gasteiger partial charge in [0.2, 0.25) is 5.69 Å². The third-order valence-corrected chi connectivity index (χ3v) is 10.7. The molecule has 0 radical (unpaired) electrons. The van der Waals surface area contributed by atoms with Crippen LogP contribution in [0.15, 0.2) is 112 Å². The zero-order chi connectivity index (χ0) is 36.6. The van der Waals surface area contributed by atoms with Gasteiger partial charge in [0.25, 0.3) is 11.4 Å². The van der Waals surface area contributed by atoms with Crippen LogP contribution in [0.2, 0.25) is 0 Å². The molecule has 3 aromatic carbocycles. The third kappa shape index (κ3) is 7.47. The number of nitro benzene ring substituents is 2. The maximum atomic E-state index is 11.3. The molecule has 0 spiro atoms. The molecule has 0 atom stereocenters. The average molecular weight is 717 g/mol. The van der Waals surface area contributed by atoms with Crippen LogP contribution in [0.3, 0.4) is 0 Å². The topological polar surface area (TPSA) is 169 Å². The minimum Gasteiger partial charge on any atom is -0.744 e. The highest BCUT2D eigenvalue weighted by atomic mass is 35.5. The Morgan fingerprint density at radius 1 is 0.840 bits per heavy atom. The number of rotatable bonds is 6. The number of anilines is 1. The number of nitrogens with zero attached hydrogens (tertiary/aromatic N) is 2. The van der Waals surface area contributed by atoms with Gasteiger partial charge in [0, 0.05) is 63.8 Å². The van der Waals surface area contributed by atoms with E-state index in [1.54, 1.807) is 36.4 Å². The lowest BCUT2D eigenvalue weighted by atomic mass is 9.81. The van der Waals surface area contributed by atoms with Crippen LogP contribution in [-0.4, -0.2) is 28.5 Å². The van der Waals surface area contributed by atoms with Gasteiger partial charge in [-0.2, -0.15) is 0 Å². The lowest BCUT2D eigenvalue weighted by molar-refractivity contribution is -0.385. The molecule has 13 heteroatoms. The highest BCUT2D eigenvalue weighted by Gasteiger charge is 2.41. The first kappa shape index (κ1) is 36.4. The summed E-state index contributed by atoms with van der Waals surface area (Å²) in [4.78, 5) is 25.0. The summed E-state index contributed by atoms with van der Waals surface area (Å²) in [7, 11) is -4.27. The molecule has 3 aliphatic rings. The molecule has 0 amide bonds. The van der Waals surface area contributed by atoms with Gasteiger partial charge in [-0.1, -0.05) is 55.3 Å². The predicted octanol–water partition coefficient (Wildman–Crippen LogP) is 7.29. The Hall–Kier alpha value is -4.91. The number of fused-ring (bicyclic) bond motifs is 2. The summed E-state index contributed by atoms with van der Waals surface area (Å²) in [6.07, 6.45) is 10.8. The molecular weight excluding hydrogens is 680 g/mol. The number of nitrogens with one attached hydrogen (secondary N) is 2. The normalized spacial score (nSPS) is 19.1. The molecule has 3 aromatic rings. The molecule has 6 rings (SSSR count). The number of halogens is 1. The SMILES string of the molecule is CC1(C)C(/C=C/C2=C(Cl)C(=C\C=C3/Nc4ccc([N+](=O)[O-])cc4C3(C)C)/CCC2)=[NH+]c2ccc([N+](=O)[O-])cc21.Cc1ccc(S(=O)(=O)[O-])cc1. The van der Waals surface area contributed by atoms with Crippen molar-refractivity contribution in [2.75, 3.05) is 5.32 Å². The fraction of sp³-hybridized carbons (Fsp3) is 0.270. The van der Waals surface area contributed by atoms with E-state index in [0.717, 1.165) is 74.9 Å². The van der Waals surface area contributed by atoms with Gasteiger partial charge >= 0.3 is 0 Å². The molecule has 0 saturated carbocycles. The van der Waals surface area contributed by atoms with E-state index in [0.29, 0.717) is 0 Å². The van der Waals surface area contributed by atoms with Crippen LogP contribution in [0, 0.1) is 27.2 Å².